The van der Waals surface area contributed by atoms with Gasteiger partial charge in [-0.15, -0.1) is 0 Å². The average Bonchev–Trinajstić information content (AvgIpc) is 3.16. The standard InChI is InChI=1S/C27H37ClN6O2/c1-17-12-23(35)25-24(17)26(30-16-29-25)33-8-10-34(11-9-33)27(36)22(20-4-6-21(28)7-5-20)15-32-13-18(2)31-19(3)14-32/h4-7,16-19,22-23,31,35H,8-15H2,1-3H3/t17-,18-,19+,22+,23-/m1/s1. The molecule has 194 valence electrons. The molecule has 5 rings (SSSR count). The molecule has 1 aliphatic carbocycles. The lowest BCUT2D eigenvalue weighted by atomic mass is 9.95. The highest BCUT2D eigenvalue weighted by atomic mass is 35.5. The van der Waals surface area contributed by atoms with Crippen molar-refractivity contribution in [1.82, 2.24) is 25.1 Å². The minimum atomic E-state index is -0.518. The van der Waals surface area contributed by atoms with Crippen molar-refractivity contribution in [2.75, 3.05) is 50.7 Å². The van der Waals surface area contributed by atoms with Gasteiger partial charge in [0.25, 0.3) is 0 Å². The summed E-state index contributed by atoms with van der Waals surface area (Å²) in [6, 6.07) is 8.54. The molecule has 36 heavy (non-hydrogen) atoms. The third kappa shape index (κ3) is 5.23. The number of carbonyl (C=O) groups excluding carboxylic acids is 1. The number of piperazine rings is 2. The van der Waals surface area contributed by atoms with Crippen molar-refractivity contribution in [2.45, 2.75) is 57.2 Å². The Morgan fingerprint density at radius 2 is 1.75 bits per heavy atom. The maximum Gasteiger partial charge on any atom is 0.231 e. The van der Waals surface area contributed by atoms with Crippen LogP contribution in [0.2, 0.25) is 5.02 Å². The van der Waals surface area contributed by atoms with Gasteiger partial charge in [0.05, 0.1) is 17.7 Å². The van der Waals surface area contributed by atoms with Gasteiger partial charge in [-0.3, -0.25) is 9.69 Å². The van der Waals surface area contributed by atoms with E-state index in [4.69, 9.17) is 11.6 Å². The van der Waals surface area contributed by atoms with Gasteiger partial charge in [0.2, 0.25) is 5.91 Å². The molecular formula is C27H37ClN6O2. The van der Waals surface area contributed by atoms with Gasteiger partial charge in [-0.25, -0.2) is 9.97 Å². The van der Waals surface area contributed by atoms with Crippen LogP contribution in [-0.4, -0.2) is 88.7 Å². The van der Waals surface area contributed by atoms with Crippen molar-refractivity contribution in [1.29, 1.82) is 0 Å². The van der Waals surface area contributed by atoms with Crippen molar-refractivity contribution in [3.05, 3.63) is 52.4 Å². The fourth-order valence-corrected chi connectivity index (χ4v) is 6.31. The van der Waals surface area contributed by atoms with Crippen molar-refractivity contribution in [2.24, 2.45) is 0 Å². The minimum Gasteiger partial charge on any atom is -0.387 e. The first-order valence-corrected chi connectivity index (χ1v) is 13.5. The second-order valence-corrected chi connectivity index (χ2v) is 11.2. The van der Waals surface area contributed by atoms with Crippen molar-refractivity contribution >= 4 is 23.3 Å². The summed E-state index contributed by atoms with van der Waals surface area (Å²) >= 11 is 6.16. The Labute approximate surface area is 218 Å². The van der Waals surface area contributed by atoms with Crippen LogP contribution < -0.4 is 10.2 Å². The molecule has 0 bridgehead atoms. The van der Waals surface area contributed by atoms with E-state index in [0.717, 1.165) is 35.7 Å². The summed E-state index contributed by atoms with van der Waals surface area (Å²) in [5.41, 5.74) is 2.83. The molecule has 0 saturated carbocycles. The first-order chi connectivity index (χ1) is 17.3. The number of anilines is 1. The fraction of sp³-hybridized carbons (Fsp3) is 0.593. The molecule has 0 unspecified atom stereocenters. The summed E-state index contributed by atoms with van der Waals surface area (Å²) in [7, 11) is 0. The zero-order valence-electron chi connectivity index (χ0n) is 21.4. The number of hydrogen-bond donors (Lipinski definition) is 2. The smallest absolute Gasteiger partial charge is 0.231 e. The van der Waals surface area contributed by atoms with Crippen LogP contribution in [0.25, 0.3) is 0 Å². The van der Waals surface area contributed by atoms with E-state index >= 15 is 0 Å². The molecule has 2 N–H and O–H groups in total. The third-order valence-electron chi connectivity index (χ3n) is 7.81. The predicted molar refractivity (Wildman–Crippen MR) is 142 cm³/mol. The van der Waals surface area contributed by atoms with Crippen LogP contribution in [0, 0.1) is 0 Å². The summed E-state index contributed by atoms with van der Waals surface area (Å²) < 4.78 is 0. The molecule has 3 aliphatic rings. The summed E-state index contributed by atoms with van der Waals surface area (Å²) in [6.45, 7) is 11.8. The summed E-state index contributed by atoms with van der Waals surface area (Å²) in [6.07, 6.45) is 1.72. The van der Waals surface area contributed by atoms with Crippen LogP contribution in [0.15, 0.2) is 30.6 Å². The number of fused-ring (bicyclic) bond motifs is 1. The molecule has 8 nitrogen and oxygen atoms in total. The van der Waals surface area contributed by atoms with Crippen molar-refractivity contribution in [3.8, 4) is 0 Å². The van der Waals surface area contributed by atoms with E-state index < -0.39 is 6.10 Å². The SMILES string of the molecule is C[C@@H]1CN(C[C@H](C(=O)N2CCN(c3ncnc4c3[C@H](C)C[C@H]4O)CC2)c2ccc(Cl)cc2)C[C@H](C)N1. The molecule has 2 saturated heterocycles. The fourth-order valence-electron chi connectivity index (χ4n) is 6.18. The van der Waals surface area contributed by atoms with Gasteiger partial charge >= 0.3 is 0 Å². The number of carbonyl (C=O) groups is 1. The molecule has 3 heterocycles. The molecule has 0 radical (unpaired) electrons. The quantitative estimate of drug-likeness (QED) is 0.637. The van der Waals surface area contributed by atoms with E-state index in [-0.39, 0.29) is 17.7 Å². The molecule has 1 aromatic carbocycles. The summed E-state index contributed by atoms with van der Waals surface area (Å²) in [5, 5.41) is 14.6. The van der Waals surface area contributed by atoms with Gasteiger partial charge in [0, 0.05) is 68.5 Å². The van der Waals surface area contributed by atoms with E-state index in [2.05, 4.69) is 45.9 Å². The van der Waals surface area contributed by atoms with Crippen LogP contribution in [0.5, 0.6) is 0 Å². The van der Waals surface area contributed by atoms with Gasteiger partial charge in [-0.2, -0.15) is 0 Å². The lowest BCUT2D eigenvalue weighted by molar-refractivity contribution is -0.133. The molecule has 2 aromatic rings. The number of nitrogens with one attached hydrogen (secondary N) is 1. The molecule has 5 atom stereocenters. The second kappa shape index (κ2) is 10.6. The average molecular weight is 513 g/mol. The molecule has 9 heteroatoms. The number of aliphatic hydroxyl groups excluding tert-OH is 1. The van der Waals surface area contributed by atoms with Crippen LogP contribution in [0.4, 0.5) is 5.82 Å². The van der Waals surface area contributed by atoms with Crippen LogP contribution >= 0.6 is 11.6 Å². The molecule has 1 amide bonds. The number of aliphatic hydroxyl groups is 1. The number of halogens is 1. The Morgan fingerprint density at radius 1 is 1.08 bits per heavy atom. The van der Waals surface area contributed by atoms with Crippen LogP contribution in [0.1, 0.15) is 62.0 Å². The third-order valence-corrected chi connectivity index (χ3v) is 8.07. The van der Waals surface area contributed by atoms with Gasteiger partial charge in [0.1, 0.15) is 12.1 Å². The zero-order chi connectivity index (χ0) is 25.4. The Bertz CT molecular complexity index is 1060. The Hall–Kier alpha value is -2.26. The van der Waals surface area contributed by atoms with Gasteiger partial charge in [-0.1, -0.05) is 30.7 Å². The lowest BCUT2D eigenvalue weighted by Crippen LogP contribution is -2.56. The van der Waals surface area contributed by atoms with Crippen molar-refractivity contribution < 1.29 is 9.90 Å². The highest BCUT2D eigenvalue weighted by Crippen LogP contribution is 2.42. The minimum absolute atomic E-state index is 0.174. The lowest BCUT2D eigenvalue weighted by Gasteiger charge is -2.40. The molecule has 1 aromatic heterocycles. The van der Waals surface area contributed by atoms with E-state index in [1.165, 1.54) is 0 Å². The number of rotatable bonds is 5. The highest BCUT2D eigenvalue weighted by Gasteiger charge is 2.36. The van der Waals surface area contributed by atoms with Gasteiger partial charge in [0.15, 0.2) is 0 Å². The zero-order valence-corrected chi connectivity index (χ0v) is 22.2. The number of nitrogens with zero attached hydrogens (tertiary/aromatic N) is 5. The Morgan fingerprint density at radius 3 is 2.42 bits per heavy atom. The van der Waals surface area contributed by atoms with Crippen LogP contribution in [-0.2, 0) is 4.79 Å². The summed E-state index contributed by atoms with van der Waals surface area (Å²) in [5.74, 6) is 1.08. The number of aromatic nitrogens is 2. The molecular weight excluding hydrogens is 476 g/mol. The first-order valence-electron chi connectivity index (χ1n) is 13.1. The van der Waals surface area contributed by atoms with Crippen molar-refractivity contribution in [3.63, 3.8) is 0 Å². The number of amides is 1. The molecule has 2 aliphatic heterocycles. The van der Waals surface area contributed by atoms with E-state index in [0.29, 0.717) is 56.3 Å². The predicted octanol–water partition coefficient (Wildman–Crippen LogP) is 2.79. The molecule has 2 fully saturated rings. The number of hydrogen-bond acceptors (Lipinski definition) is 7. The second-order valence-electron chi connectivity index (χ2n) is 10.8. The van der Waals surface area contributed by atoms with Gasteiger partial charge < -0.3 is 20.2 Å². The largest absolute Gasteiger partial charge is 0.387 e. The maximum absolute atomic E-state index is 13.9. The Balaban J connectivity index is 1.31. The normalized spacial score (nSPS) is 27.7. The van der Waals surface area contributed by atoms with Gasteiger partial charge in [-0.05, 0) is 43.9 Å². The maximum atomic E-state index is 13.9. The summed E-state index contributed by atoms with van der Waals surface area (Å²) in [4.78, 5) is 29.5. The van der Waals surface area contributed by atoms with E-state index in [1.807, 2.05) is 29.2 Å². The molecule has 0 spiro atoms. The first kappa shape index (κ1) is 25.4. The highest BCUT2D eigenvalue weighted by molar-refractivity contribution is 6.30. The Kier molecular flexibility index (Phi) is 7.49. The van der Waals surface area contributed by atoms with E-state index in [1.54, 1.807) is 6.33 Å². The topological polar surface area (TPSA) is 84.8 Å². The monoisotopic (exact) mass is 512 g/mol. The van der Waals surface area contributed by atoms with E-state index in [9.17, 15) is 9.90 Å². The number of benzene rings is 1. The van der Waals surface area contributed by atoms with Crippen LogP contribution in [0.3, 0.4) is 0 Å².